The summed E-state index contributed by atoms with van der Waals surface area (Å²) in [5.41, 5.74) is 1.34. The molecule has 5 nitrogen and oxygen atoms in total. The Morgan fingerprint density at radius 2 is 1.90 bits per heavy atom. The van der Waals surface area contributed by atoms with E-state index in [2.05, 4.69) is 10.1 Å². The summed E-state index contributed by atoms with van der Waals surface area (Å²) in [6, 6.07) is 9.78. The Morgan fingerprint density at radius 1 is 1.20 bits per heavy atom. The van der Waals surface area contributed by atoms with Crippen molar-refractivity contribution in [2.24, 2.45) is 0 Å². The van der Waals surface area contributed by atoms with E-state index in [1.165, 1.54) is 18.3 Å². The third-order valence-corrected chi connectivity index (χ3v) is 4.61. The molecule has 0 spiro atoms. The van der Waals surface area contributed by atoms with Crippen LogP contribution in [0.2, 0.25) is 0 Å². The van der Waals surface area contributed by atoms with Gasteiger partial charge in [0.05, 0.1) is 16.8 Å². The van der Waals surface area contributed by atoms with E-state index >= 15 is 0 Å². The molecule has 7 heteroatoms. The lowest BCUT2D eigenvalue weighted by Crippen LogP contribution is -2.15. The predicted octanol–water partition coefficient (Wildman–Crippen LogP) is 0.771. The van der Waals surface area contributed by atoms with Crippen molar-refractivity contribution in [2.45, 2.75) is 11.8 Å². The zero-order valence-corrected chi connectivity index (χ0v) is 11.5. The van der Waals surface area contributed by atoms with Crippen LogP contribution in [0.4, 0.5) is 0 Å². The number of aromatic nitrogens is 3. The van der Waals surface area contributed by atoms with Gasteiger partial charge in [-0.25, -0.2) is 0 Å². The molecule has 2 aromatic heterocycles. The molecule has 0 N–H and O–H groups in total. The lowest BCUT2D eigenvalue weighted by molar-refractivity contribution is 0.582. The third kappa shape index (κ3) is 1.91. The highest BCUT2D eigenvalue weighted by molar-refractivity contribution is 7.90. The van der Waals surface area contributed by atoms with Crippen LogP contribution in [0.1, 0.15) is 5.69 Å². The monoisotopic (exact) mass is 283 g/mol. The third-order valence-electron chi connectivity index (χ3n) is 3.01. The van der Waals surface area contributed by atoms with Crippen LogP contribution in [0.15, 0.2) is 47.5 Å². The van der Waals surface area contributed by atoms with Crippen molar-refractivity contribution < 1.29 is 8.42 Å². The fraction of sp³-hybridized carbons (Fsp3) is 0.0769. The number of pyridine rings is 1. The Kier molecular flexibility index (Phi) is 2.86. The molecule has 20 heavy (non-hydrogen) atoms. The van der Waals surface area contributed by atoms with Gasteiger partial charge >= 0.3 is 0 Å². The summed E-state index contributed by atoms with van der Waals surface area (Å²) in [4.78, 5) is 4.12. The first-order valence-corrected chi connectivity index (χ1v) is 7.35. The summed E-state index contributed by atoms with van der Waals surface area (Å²) >= 11 is 0. The van der Waals surface area contributed by atoms with Gasteiger partial charge in [0.2, 0.25) is 0 Å². The average Bonchev–Trinajstić information content (AvgIpc) is 2.77. The summed E-state index contributed by atoms with van der Waals surface area (Å²) in [6.07, 6.45) is 1.42. The van der Waals surface area contributed by atoms with Gasteiger partial charge in [0.25, 0.3) is 10.0 Å². The molecule has 0 saturated carbocycles. The largest absolute Gasteiger partial charge is 0.283 e. The highest BCUT2D eigenvalue weighted by Crippen LogP contribution is 2.21. The molecule has 0 fully saturated rings. The Bertz CT molecular complexity index is 889. The molecule has 2 heterocycles. The summed E-state index contributed by atoms with van der Waals surface area (Å²) in [5, 5.41) is 4.79. The Morgan fingerprint density at radius 3 is 2.60 bits per heavy atom. The molecule has 1 aromatic carbocycles. The molecule has 0 saturated heterocycles. The van der Waals surface area contributed by atoms with Crippen molar-refractivity contribution >= 4 is 34.4 Å². The normalized spacial score (nSPS) is 11.8. The molecule has 0 aliphatic carbocycles. The van der Waals surface area contributed by atoms with E-state index < -0.39 is 10.0 Å². The molecule has 0 aliphatic heterocycles. The number of aryl methyl sites for hydroxylation is 1. The van der Waals surface area contributed by atoms with Gasteiger partial charge < -0.3 is 0 Å². The molecule has 0 aliphatic rings. The fourth-order valence-electron chi connectivity index (χ4n) is 2.03. The van der Waals surface area contributed by atoms with E-state index in [0.717, 1.165) is 4.09 Å². The van der Waals surface area contributed by atoms with Crippen molar-refractivity contribution in [3.63, 3.8) is 0 Å². The van der Waals surface area contributed by atoms with Gasteiger partial charge in [-0.05, 0) is 30.7 Å². The second kappa shape index (κ2) is 4.45. The molecular weight excluding hydrogens is 273 g/mol. The number of fused-ring (bicyclic) bond motifs is 1. The quantitative estimate of drug-likeness (QED) is 0.652. The van der Waals surface area contributed by atoms with Crippen molar-refractivity contribution in [3.05, 3.63) is 48.3 Å². The van der Waals surface area contributed by atoms with E-state index in [4.69, 9.17) is 7.85 Å². The first-order chi connectivity index (χ1) is 9.50. The fourth-order valence-corrected chi connectivity index (χ4v) is 3.36. The molecule has 0 atom stereocenters. The minimum absolute atomic E-state index is 0.182. The van der Waals surface area contributed by atoms with Gasteiger partial charge in [0, 0.05) is 5.39 Å². The summed E-state index contributed by atoms with van der Waals surface area (Å²) in [5.74, 6) is 0. The first-order valence-electron chi connectivity index (χ1n) is 5.91. The maximum atomic E-state index is 12.6. The van der Waals surface area contributed by atoms with Gasteiger partial charge in [0.15, 0.2) is 0 Å². The van der Waals surface area contributed by atoms with Crippen LogP contribution in [0.25, 0.3) is 10.9 Å². The van der Waals surface area contributed by atoms with Crippen LogP contribution in [0.5, 0.6) is 0 Å². The van der Waals surface area contributed by atoms with E-state index in [9.17, 15) is 8.42 Å². The van der Waals surface area contributed by atoms with E-state index in [1.807, 2.05) is 0 Å². The SMILES string of the molecule is [B]c1cc2c(C)nn(S(=O)(=O)c3ccccc3)c2cn1. The van der Waals surface area contributed by atoms with Crippen LogP contribution < -0.4 is 5.59 Å². The summed E-state index contributed by atoms with van der Waals surface area (Å²) in [7, 11) is 1.89. The van der Waals surface area contributed by atoms with Crippen molar-refractivity contribution in [1.82, 2.24) is 14.2 Å². The van der Waals surface area contributed by atoms with Crippen LogP contribution in [-0.4, -0.2) is 30.4 Å². The van der Waals surface area contributed by atoms with Crippen molar-refractivity contribution in [3.8, 4) is 0 Å². The summed E-state index contributed by atoms with van der Waals surface area (Å²) < 4.78 is 26.2. The minimum Gasteiger partial charge on any atom is -0.271 e. The second-order valence-corrected chi connectivity index (χ2v) is 6.14. The maximum absolute atomic E-state index is 12.6. The Labute approximate surface area is 117 Å². The molecule has 0 amide bonds. The van der Waals surface area contributed by atoms with Crippen molar-refractivity contribution in [1.29, 1.82) is 0 Å². The van der Waals surface area contributed by atoms with E-state index in [1.54, 1.807) is 31.2 Å². The van der Waals surface area contributed by atoms with E-state index in [-0.39, 0.29) is 4.90 Å². The lowest BCUT2D eigenvalue weighted by atomic mass is 10.0. The molecule has 3 aromatic rings. The first kappa shape index (κ1) is 12.9. The molecule has 0 unspecified atom stereocenters. The average molecular weight is 283 g/mol. The maximum Gasteiger partial charge on any atom is 0.283 e. The second-order valence-electron chi connectivity index (χ2n) is 4.37. The van der Waals surface area contributed by atoms with Gasteiger partial charge in [-0.2, -0.15) is 17.6 Å². The van der Waals surface area contributed by atoms with Crippen LogP contribution in [0, 0.1) is 6.92 Å². The van der Waals surface area contributed by atoms with Crippen LogP contribution in [-0.2, 0) is 10.0 Å². The number of benzene rings is 1. The zero-order valence-electron chi connectivity index (χ0n) is 10.7. The standard InChI is InChI=1S/C13H10BN3O2S/c1-9-11-7-13(14)15-8-12(11)17(16-9)20(18,19)10-5-3-2-4-6-10/h2-8H,1H3. The van der Waals surface area contributed by atoms with Crippen LogP contribution in [0.3, 0.4) is 0 Å². The summed E-state index contributed by atoms with van der Waals surface area (Å²) in [6.45, 7) is 1.73. The Balaban J connectivity index is 2.31. The highest BCUT2D eigenvalue weighted by atomic mass is 32.2. The van der Waals surface area contributed by atoms with Crippen molar-refractivity contribution in [2.75, 3.05) is 0 Å². The molecule has 98 valence electrons. The number of hydrogen-bond acceptors (Lipinski definition) is 4. The number of nitrogens with zero attached hydrogens (tertiary/aromatic N) is 3. The topological polar surface area (TPSA) is 64.8 Å². The van der Waals surface area contributed by atoms with E-state index in [0.29, 0.717) is 22.2 Å². The van der Waals surface area contributed by atoms with Gasteiger partial charge in [0.1, 0.15) is 13.4 Å². The van der Waals surface area contributed by atoms with Gasteiger partial charge in [-0.3, -0.25) is 4.98 Å². The highest BCUT2D eigenvalue weighted by Gasteiger charge is 2.21. The predicted molar refractivity (Wildman–Crippen MR) is 76.7 cm³/mol. The smallest absolute Gasteiger partial charge is 0.271 e. The number of hydrogen-bond donors (Lipinski definition) is 0. The molecule has 0 bridgehead atoms. The van der Waals surface area contributed by atoms with Gasteiger partial charge in [-0.15, -0.1) is 0 Å². The molecular formula is C13H10BN3O2S. The molecule has 2 radical (unpaired) electrons. The minimum atomic E-state index is -3.73. The molecule has 3 rings (SSSR count). The lowest BCUT2D eigenvalue weighted by Gasteiger charge is -2.05. The Hall–Kier alpha value is -2.15. The van der Waals surface area contributed by atoms with Crippen LogP contribution >= 0.6 is 0 Å². The zero-order chi connectivity index (χ0) is 14.3. The van der Waals surface area contributed by atoms with Gasteiger partial charge in [-0.1, -0.05) is 18.2 Å². The number of rotatable bonds is 2.